The summed E-state index contributed by atoms with van der Waals surface area (Å²) in [5, 5.41) is 21.5. The van der Waals surface area contributed by atoms with E-state index in [9.17, 15) is 14.7 Å². The summed E-state index contributed by atoms with van der Waals surface area (Å²) in [4.78, 5) is 26.1. The van der Waals surface area contributed by atoms with Crippen LogP contribution in [0.5, 0.6) is 11.5 Å². The van der Waals surface area contributed by atoms with Gasteiger partial charge in [0.05, 0.1) is 29.3 Å². The van der Waals surface area contributed by atoms with Crippen molar-refractivity contribution >= 4 is 40.1 Å². The molecule has 1 aromatic heterocycles. The number of carboxylic acids is 1. The topological polar surface area (TPSA) is 125 Å². The van der Waals surface area contributed by atoms with Gasteiger partial charge in [-0.05, 0) is 53.6 Å². The molecule has 0 N–H and O–H groups in total. The second kappa shape index (κ2) is 10.4. The number of aliphatic carboxylic acids is 1. The standard InChI is InChI=1S/C25H15N3O5S.Na/c26-12-15-3-1-14(2-4-15)9-18(24(29)17-6-8-21-22(11-17)33-13-32-21)23(25(30)31)16-5-7-19-20(10-16)28-34-27-19;/h1-8,10-11H,9,13H2,(H,30,31);/q;+1/p-1/b23-18+;. The Hall–Kier alpha value is -3.55. The number of Topliss-reactive ketones (excluding diaryl/α,β-unsaturated/α-hetero) is 1. The van der Waals surface area contributed by atoms with Crippen LogP contribution in [0.1, 0.15) is 27.0 Å². The van der Waals surface area contributed by atoms with Gasteiger partial charge in [0.15, 0.2) is 17.3 Å². The first-order valence-electron chi connectivity index (χ1n) is 10.1. The van der Waals surface area contributed by atoms with Crippen LogP contribution in [0.2, 0.25) is 0 Å². The van der Waals surface area contributed by atoms with Crippen molar-refractivity contribution in [1.82, 2.24) is 8.75 Å². The number of rotatable bonds is 6. The molecule has 8 nitrogen and oxygen atoms in total. The Kier molecular flexibility index (Phi) is 7.28. The predicted molar refractivity (Wildman–Crippen MR) is 121 cm³/mol. The number of carboxylic acid groups (broad SMARTS) is 1. The van der Waals surface area contributed by atoms with E-state index in [4.69, 9.17) is 14.7 Å². The molecule has 0 bridgehead atoms. The zero-order chi connectivity index (χ0) is 23.7. The summed E-state index contributed by atoms with van der Waals surface area (Å²) in [6, 6.07) is 18.2. The second-order valence-electron chi connectivity index (χ2n) is 7.49. The number of nitriles is 1. The van der Waals surface area contributed by atoms with Crippen molar-refractivity contribution in [2.24, 2.45) is 0 Å². The van der Waals surface area contributed by atoms with E-state index in [0.29, 0.717) is 33.7 Å². The molecule has 0 unspecified atom stereocenters. The van der Waals surface area contributed by atoms with Crippen LogP contribution in [-0.4, -0.2) is 27.3 Å². The van der Waals surface area contributed by atoms with Gasteiger partial charge in [-0.2, -0.15) is 14.0 Å². The molecule has 10 heteroatoms. The Morgan fingerprint density at radius 3 is 2.40 bits per heavy atom. The van der Waals surface area contributed by atoms with E-state index < -0.39 is 11.8 Å². The van der Waals surface area contributed by atoms with Gasteiger partial charge in [0, 0.05) is 23.1 Å². The predicted octanol–water partition coefficient (Wildman–Crippen LogP) is -0.0752. The molecule has 0 fully saturated rings. The third-order valence-electron chi connectivity index (χ3n) is 5.42. The number of ether oxygens (including phenoxy) is 2. The summed E-state index contributed by atoms with van der Waals surface area (Å²) in [6.07, 6.45) is 0.00957. The average Bonchev–Trinajstić information content (AvgIpc) is 3.52. The van der Waals surface area contributed by atoms with Crippen molar-refractivity contribution in [1.29, 1.82) is 5.26 Å². The van der Waals surface area contributed by atoms with Crippen LogP contribution in [0, 0.1) is 11.3 Å². The molecule has 1 aliphatic heterocycles. The minimum Gasteiger partial charge on any atom is -0.545 e. The maximum absolute atomic E-state index is 13.7. The van der Waals surface area contributed by atoms with Crippen molar-refractivity contribution in [3.63, 3.8) is 0 Å². The van der Waals surface area contributed by atoms with E-state index in [0.717, 1.165) is 11.7 Å². The van der Waals surface area contributed by atoms with Crippen molar-refractivity contribution in [2.45, 2.75) is 6.42 Å². The molecule has 166 valence electrons. The Balaban J connectivity index is 0.00000289. The molecule has 0 saturated heterocycles. The van der Waals surface area contributed by atoms with Crippen LogP contribution in [-0.2, 0) is 11.2 Å². The Morgan fingerprint density at radius 1 is 0.943 bits per heavy atom. The first-order chi connectivity index (χ1) is 16.5. The number of benzene rings is 3. The van der Waals surface area contributed by atoms with Crippen LogP contribution >= 0.6 is 11.7 Å². The molecule has 5 rings (SSSR count). The van der Waals surface area contributed by atoms with E-state index in [2.05, 4.69) is 8.75 Å². The monoisotopic (exact) mass is 491 g/mol. The molecule has 0 atom stereocenters. The molecule has 2 heterocycles. The fourth-order valence-corrected chi connectivity index (χ4v) is 4.27. The summed E-state index contributed by atoms with van der Waals surface area (Å²) < 4.78 is 19.0. The number of hydrogen-bond donors (Lipinski definition) is 0. The van der Waals surface area contributed by atoms with Gasteiger partial charge >= 0.3 is 29.6 Å². The second-order valence-corrected chi connectivity index (χ2v) is 8.02. The SMILES string of the molecule is N#Cc1ccc(C/C(C(=O)c2ccc3c(c2)OCO3)=C(\C(=O)[O-])c2ccc3nsnc3c2)cc1.[Na+]. The third-order valence-corrected chi connectivity index (χ3v) is 5.98. The summed E-state index contributed by atoms with van der Waals surface area (Å²) in [5.41, 5.74) is 2.61. The summed E-state index contributed by atoms with van der Waals surface area (Å²) >= 11 is 1.01. The molecule has 35 heavy (non-hydrogen) atoms. The molecule has 0 spiro atoms. The summed E-state index contributed by atoms with van der Waals surface area (Å²) in [7, 11) is 0. The molecule has 0 saturated carbocycles. The largest absolute Gasteiger partial charge is 1.00 e. The van der Waals surface area contributed by atoms with Crippen molar-refractivity contribution in [3.05, 3.63) is 88.5 Å². The molecule has 0 aliphatic carbocycles. The van der Waals surface area contributed by atoms with Crippen LogP contribution in [0.15, 0.2) is 66.2 Å². The van der Waals surface area contributed by atoms with Crippen LogP contribution in [0.25, 0.3) is 16.6 Å². The van der Waals surface area contributed by atoms with Gasteiger partial charge in [-0.3, -0.25) is 4.79 Å². The van der Waals surface area contributed by atoms with Gasteiger partial charge in [0.1, 0.15) is 11.0 Å². The van der Waals surface area contributed by atoms with Crippen molar-refractivity contribution < 1.29 is 53.7 Å². The number of fused-ring (bicyclic) bond motifs is 2. The van der Waals surface area contributed by atoms with E-state index in [1.165, 1.54) is 6.07 Å². The number of ketones is 1. The Morgan fingerprint density at radius 2 is 1.66 bits per heavy atom. The van der Waals surface area contributed by atoms with Gasteiger partial charge in [0.25, 0.3) is 0 Å². The molecule has 3 aromatic carbocycles. The molecule has 0 radical (unpaired) electrons. The van der Waals surface area contributed by atoms with E-state index in [1.54, 1.807) is 54.6 Å². The number of aromatic nitrogens is 2. The Bertz CT molecular complexity index is 1520. The average molecular weight is 491 g/mol. The number of nitrogens with zero attached hydrogens (tertiary/aromatic N) is 3. The quantitative estimate of drug-likeness (QED) is 0.208. The van der Waals surface area contributed by atoms with Crippen LogP contribution in [0.4, 0.5) is 0 Å². The minimum absolute atomic E-state index is 0. The molecular weight excluding hydrogens is 477 g/mol. The smallest absolute Gasteiger partial charge is 0.545 e. The van der Waals surface area contributed by atoms with E-state index in [-0.39, 0.29) is 65.0 Å². The molecule has 0 amide bonds. The molecule has 1 aliphatic rings. The normalized spacial score (nSPS) is 12.4. The van der Waals surface area contributed by atoms with Crippen LogP contribution in [0.3, 0.4) is 0 Å². The first kappa shape index (κ1) is 24.6. The third kappa shape index (κ3) is 4.97. The van der Waals surface area contributed by atoms with E-state index >= 15 is 0 Å². The van der Waals surface area contributed by atoms with Gasteiger partial charge < -0.3 is 19.4 Å². The molecular formula is C25H14N3NaO5S. The van der Waals surface area contributed by atoms with Crippen molar-refractivity contribution in [2.75, 3.05) is 6.79 Å². The van der Waals surface area contributed by atoms with Crippen LogP contribution < -0.4 is 44.1 Å². The number of hydrogen-bond acceptors (Lipinski definition) is 9. The number of carbonyl (C=O) groups is 2. The van der Waals surface area contributed by atoms with Gasteiger partial charge in [-0.25, -0.2) is 0 Å². The summed E-state index contributed by atoms with van der Waals surface area (Å²) in [6.45, 7) is 0.0485. The Labute approximate surface area is 226 Å². The zero-order valence-corrected chi connectivity index (χ0v) is 21.3. The van der Waals surface area contributed by atoms with Crippen molar-refractivity contribution in [3.8, 4) is 17.6 Å². The molecule has 4 aromatic rings. The summed E-state index contributed by atoms with van der Waals surface area (Å²) in [5.74, 6) is -1.05. The zero-order valence-electron chi connectivity index (χ0n) is 18.5. The fraction of sp³-hybridized carbons (Fsp3) is 0.0800. The number of carbonyl (C=O) groups excluding carboxylic acids is 2. The van der Waals surface area contributed by atoms with Gasteiger partial charge in [-0.1, -0.05) is 18.2 Å². The number of allylic oxidation sites excluding steroid dienone is 1. The van der Waals surface area contributed by atoms with E-state index in [1.807, 2.05) is 6.07 Å². The minimum atomic E-state index is -1.49. The van der Waals surface area contributed by atoms with Gasteiger partial charge in [0.2, 0.25) is 6.79 Å². The fourth-order valence-electron chi connectivity index (χ4n) is 3.75. The van der Waals surface area contributed by atoms with Gasteiger partial charge in [-0.15, -0.1) is 0 Å². The maximum atomic E-state index is 13.7. The maximum Gasteiger partial charge on any atom is 1.00 e. The first-order valence-corrected chi connectivity index (χ1v) is 10.9.